The Kier molecular flexibility index (Phi) is 4.07. The minimum atomic E-state index is -4.68. The van der Waals surface area contributed by atoms with Crippen LogP contribution in [0, 0.1) is 11.8 Å². The average Bonchev–Trinajstić information content (AvgIpc) is 3.29. The smallest absolute Gasteiger partial charge is 0.383 e. The van der Waals surface area contributed by atoms with Crippen LogP contribution in [-0.2, 0) is 25.9 Å². The van der Waals surface area contributed by atoms with Gasteiger partial charge in [0.25, 0.3) is 0 Å². The third-order valence-electron chi connectivity index (χ3n) is 6.13. The number of nitrogen functional groups attached to an aromatic ring is 1. The van der Waals surface area contributed by atoms with Crippen LogP contribution in [0.2, 0.25) is 0 Å². The van der Waals surface area contributed by atoms with Gasteiger partial charge < -0.3 is 10.8 Å². The average molecular weight is 398 g/mol. The van der Waals surface area contributed by atoms with Crippen LogP contribution < -0.4 is 5.73 Å². The minimum Gasteiger partial charge on any atom is -0.383 e. The fraction of sp³-hybridized carbons (Fsp3) is 0.647. The van der Waals surface area contributed by atoms with Gasteiger partial charge in [-0.25, -0.2) is 0 Å². The van der Waals surface area contributed by atoms with Crippen molar-refractivity contribution in [3.8, 4) is 0 Å². The first-order valence-corrected chi connectivity index (χ1v) is 9.02. The molecule has 2 aromatic rings. The molecule has 2 atom stereocenters. The first-order chi connectivity index (χ1) is 13.0. The Bertz CT molecular complexity index is 920. The third kappa shape index (κ3) is 2.79. The molecular formula is C17H21F3N6O2. The highest BCUT2D eigenvalue weighted by Gasteiger charge is 2.54. The number of aromatic nitrogens is 5. The second kappa shape index (κ2) is 6.03. The zero-order chi connectivity index (χ0) is 20.4. The summed E-state index contributed by atoms with van der Waals surface area (Å²) in [5.41, 5.74) is 3.70. The molecule has 3 N–H and O–H groups in total. The molecule has 2 aliphatic carbocycles. The van der Waals surface area contributed by atoms with Crippen molar-refractivity contribution in [3.63, 3.8) is 0 Å². The fourth-order valence-electron chi connectivity index (χ4n) is 4.99. The molecule has 2 unspecified atom stereocenters. The van der Waals surface area contributed by atoms with Gasteiger partial charge in [0.2, 0.25) is 0 Å². The van der Waals surface area contributed by atoms with Gasteiger partial charge in [0.15, 0.2) is 12.0 Å². The number of halogens is 3. The number of carbonyl (C=O) groups is 1. The number of rotatable bonds is 3. The molecule has 0 aromatic carbocycles. The molecule has 8 nitrogen and oxygen atoms in total. The van der Waals surface area contributed by atoms with Crippen molar-refractivity contribution in [2.45, 2.75) is 43.4 Å². The summed E-state index contributed by atoms with van der Waals surface area (Å²) in [6.45, 7) is 0. The quantitative estimate of drug-likeness (QED) is 0.762. The van der Waals surface area contributed by atoms with Gasteiger partial charge in [-0.1, -0.05) is 0 Å². The topological polar surface area (TPSA) is 112 Å². The van der Waals surface area contributed by atoms with Gasteiger partial charge >= 0.3 is 6.18 Å². The summed E-state index contributed by atoms with van der Waals surface area (Å²) in [6, 6.07) is 0. The number of hydrogen-bond acceptors (Lipinski definition) is 6. The van der Waals surface area contributed by atoms with Crippen LogP contribution in [0.25, 0.3) is 0 Å². The van der Waals surface area contributed by atoms with E-state index in [0.29, 0.717) is 36.2 Å². The maximum Gasteiger partial charge on any atom is 0.437 e. The van der Waals surface area contributed by atoms with E-state index >= 15 is 0 Å². The number of hydrogen-bond donors (Lipinski definition) is 2. The van der Waals surface area contributed by atoms with E-state index in [9.17, 15) is 23.1 Å². The van der Waals surface area contributed by atoms with Crippen LogP contribution in [0.1, 0.15) is 59.0 Å². The number of fused-ring (bicyclic) bond motifs is 1. The molecule has 2 fully saturated rings. The van der Waals surface area contributed by atoms with Gasteiger partial charge in [-0.15, -0.1) is 5.10 Å². The van der Waals surface area contributed by atoms with E-state index in [-0.39, 0.29) is 30.6 Å². The Morgan fingerprint density at radius 2 is 1.79 bits per heavy atom. The van der Waals surface area contributed by atoms with Gasteiger partial charge in [0.05, 0.1) is 11.3 Å². The number of aryl methyl sites for hydroxylation is 2. The summed E-state index contributed by atoms with van der Waals surface area (Å²) in [4.78, 5) is 12.2. The molecular weight excluding hydrogens is 377 g/mol. The number of aldehydes is 1. The van der Waals surface area contributed by atoms with Crippen LogP contribution in [0.3, 0.4) is 0 Å². The van der Waals surface area contributed by atoms with Crippen molar-refractivity contribution in [2.75, 3.05) is 5.73 Å². The minimum absolute atomic E-state index is 0.00723. The van der Waals surface area contributed by atoms with Crippen LogP contribution in [-0.4, -0.2) is 36.2 Å². The van der Waals surface area contributed by atoms with Crippen molar-refractivity contribution >= 4 is 12.1 Å². The Hall–Kier alpha value is -2.43. The lowest BCUT2D eigenvalue weighted by Gasteiger charge is -2.23. The number of alkyl halides is 3. The highest BCUT2D eigenvalue weighted by atomic mass is 19.4. The Labute approximate surface area is 158 Å². The Morgan fingerprint density at radius 3 is 2.32 bits per heavy atom. The number of carbonyl (C=O) groups excluding carboxylic acids is 1. The molecule has 0 amide bonds. The van der Waals surface area contributed by atoms with Gasteiger partial charge in [-0.2, -0.15) is 28.2 Å². The van der Waals surface area contributed by atoms with Gasteiger partial charge in [0, 0.05) is 20.0 Å². The van der Waals surface area contributed by atoms with E-state index < -0.39 is 23.2 Å². The predicted octanol–water partition coefficient (Wildman–Crippen LogP) is 1.75. The van der Waals surface area contributed by atoms with Crippen LogP contribution in [0.4, 0.5) is 19.0 Å². The van der Waals surface area contributed by atoms with Crippen molar-refractivity contribution in [3.05, 3.63) is 22.6 Å². The summed E-state index contributed by atoms with van der Waals surface area (Å²) in [6.07, 6.45) is -2.37. The lowest BCUT2D eigenvalue weighted by molar-refractivity contribution is -0.144. The van der Waals surface area contributed by atoms with Crippen molar-refractivity contribution in [2.24, 2.45) is 25.9 Å². The lowest BCUT2D eigenvalue weighted by atomic mass is 9.89. The van der Waals surface area contributed by atoms with E-state index in [1.165, 1.54) is 11.7 Å². The zero-order valence-electron chi connectivity index (χ0n) is 15.4. The molecule has 2 heterocycles. The highest BCUT2D eigenvalue weighted by molar-refractivity contribution is 5.83. The van der Waals surface area contributed by atoms with Crippen molar-refractivity contribution in [1.29, 1.82) is 0 Å². The molecule has 4 rings (SSSR count). The molecule has 152 valence electrons. The summed E-state index contributed by atoms with van der Waals surface area (Å²) >= 11 is 0. The molecule has 2 aliphatic rings. The second-order valence-electron chi connectivity index (χ2n) is 7.94. The molecule has 2 saturated carbocycles. The number of anilines is 1. The summed E-state index contributed by atoms with van der Waals surface area (Å²) in [7, 11) is 2.97. The maximum atomic E-state index is 13.3. The molecule has 0 spiro atoms. The standard InChI is InChI=1S/C17H21F3N6O2/c1-25-15(21)11(7-27)12(22-25)8-3-9-5-16(28,6-10(9)4-8)13-14(17(18,19)20)24-26(2)23-13/h7-10,28H,3-6,21H2,1-2H3. The SMILES string of the molecule is Cn1nc(C(F)(F)F)c(C2(O)CC3CC(c4nn(C)c(N)c4C=O)CC3C2)n1. The van der Waals surface area contributed by atoms with E-state index in [4.69, 9.17) is 5.73 Å². The molecule has 2 aromatic heterocycles. The third-order valence-corrected chi connectivity index (χ3v) is 6.13. The first-order valence-electron chi connectivity index (χ1n) is 9.02. The molecule has 0 saturated heterocycles. The van der Waals surface area contributed by atoms with Gasteiger partial charge in [-0.3, -0.25) is 9.48 Å². The fourth-order valence-corrected chi connectivity index (χ4v) is 4.99. The first kappa shape index (κ1) is 18.9. The van der Waals surface area contributed by atoms with Crippen LogP contribution >= 0.6 is 0 Å². The number of aliphatic hydroxyl groups is 1. The van der Waals surface area contributed by atoms with Crippen molar-refractivity contribution in [1.82, 2.24) is 24.8 Å². The second-order valence-corrected chi connectivity index (χ2v) is 7.94. The molecule has 0 aliphatic heterocycles. The van der Waals surface area contributed by atoms with Gasteiger partial charge in [0.1, 0.15) is 17.1 Å². The summed E-state index contributed by atoms with van der Waals surface area (Å²) in [5, 5.41) is 22.6. The van der Waals surface area contributed by atoms with Crippen LogP contribution in [0.15, 0.2) is 0 Å². The monoisotopic (exact) mass is 398 g/mol. The summed E-state index contributed by atoms with van der Waals surface area (Å²) in [5.74, 6) is 0.321. The Balaban J connectivity index is 1.58. The van der Waals surface area contributed by atoms with E-state index in [0.717, 1.165) is 4.80 Å². The van der Waals surface area contributed by atoms with E-state index in [1.54, 1.807) is 7.05 Å². The van der Waals surface area contributed by atoms with Gasteiger partial charge in [-0.05, 0) is 37.5 Å². The summed E-state index contributed by atoms with van der Waals surface area (Å²) < 4.78 is 41.4. The number of nitrogens with two attached hydrogens (primary N) is 1. The Morgan fingerprint density at radius 1 is 1.18 bits per heavy atom. The predicted molar refractivity (Wildman–Crippen MR) is 91.1 cm³/mol. The number of nitrogens with zero attached hydrogens (tertiary/aromatic N) is 5. The molecule has 0 bridgehead atoms. The van der Waals surface area contributed by atoms with E-state index in [1.807, 2.05) is 0 Å². The molecule has 28 heavy (non-hydrogen) atoms. The molecule has 11 heteroatoms. The largest absolute Gasteiger partial charge is 0.437 e. The lowest BCUT2D eigenvalue weighted by Crippen LogP contribution is -2.27. The van der Waals surface area contributed by atoms with E-state index in [2.05, 4.69) is 15.3 Å². The van der Waals surface area contributed by atoms with Crippen molar-refractivity contribution < 1.29 is 23.1 Å². The zero-order valence-corrected chi connectivity index (χ0v) is 15.4. The maximum absolute atomic E-state index is 13.3. The highest BCUT2D eigenvalue weighted by Crippen LogP contribution is 2.57. The normalized spacial score (nSPS) is 30.0. The van der Waals surface area contributed by atoms with Crippen LogP contribution in [0.5, 0.6) is 0 Å². The molecule has 0 radical (unpaired) electrons.